The fourth-order valence-corrected chi connectivity index (χ4v) is 2.92. The Bertz CT molecular complexity index is 871. The van der Waals surface area contributed by atoms with Gasteiger partial charge in [0.15, 0.2) is 11.5 Å². The summed E-state index contributed by atoms with van der Waals surface area (Å²) in [7, 11) is 4.24. The highest BCUT2D eigenvalue weighted by Crippen LogP contribution is 2.35. The van der Waals surface area contributed by atoms with Crippen molar-refractivity contribution in [2.24, 2.45) is 0 Å². The highest BCUT2D eigenvalue weighted by atomic mass is 79.9. The van der Waals surface area contributed by atoms with Gasteiger partial charge < -0.3 is 19.3 Å². The van der Waals surface area contributed by atoms with Crippen molar-refractivity contribution in [3.8, 4) is 11.5 Å². The van der Waals surface area contributed by atoms with Gasteiger partial charge in [-0.05, 0) is 35.4 Å². The van der Waals surface area contributed by atoms with E-state index in [-0.39, 0.29) is 5.57 Å². The maximum atomic E-state index is 12.4. The summed E-state index contributed by atoms with van der Waals surface area (Å²) in [5.41, 5.74) is 1.78. The summed E-state index contributed by atoms with van der Waals surface area (Å²) in [6.45, 7) is 0. The largest absolute Gasteiger partial charge is 0.493 e. The summed E-state index contributed by atoms with van der Waals surface area (Å²) in [5, 5.41) is 9.30. The van der Waals surface area contributed by atoms with Crippen molar-refractivity contribution in [2.75, 3.05) is 21.3 Å². The van der Waals surface area contributed by atoms with E-state index in [0.29, 0.717) is 28.2 Å². The fourth-order valence-electron chi connectivity index (χ4n) is 2.66. The number of hydrogen-bond acceptors (Lipinski definition) is 5. The van der Waals surface area contributed by atoms with Gasteiger partial charge in [0.25, 0.3) is 0 Å². The van der Waals surface area contributed by atoms with Gasteiger partial charge >= 0.3 is 11.9 Å². The Hall–Kier alpha value is -2.80. The van der Waals surface area contributed by atoms with Crippen LogP contribution in [-0.4, -0.2) is 38.4 Å². The molecule has 0 aliphatic rings. The van der Waals surface area contributed by atoms with Gasteiger partial charge in [-0.1, -0.05) is 34.1 Å². The molecule has 1 N–H and O–H groups in total. The molecule has 2 aromatic carbocycles. The van der Waals surface area contributed by atoms with Crippen LogP contribution in [0, 0.1) is 0 Å². The molecule has 0 unspecified atom stereocenters. The lowest BCUT2D eigenvalue weighted by Crippen LogP contribution is -2.12. The Balaban J connectivity index is 2.79. The molecule has 6 nitrogen and oxygen atoms in total. The zero-order valence-electron chi connectivity index (χ0n) is 15.1. The third-order valence-corrected chi connectivity index (χ3v) is 4.40. The van der Waals surface area contributed by atoms with Gasteiger partial charge in [-0.25, -0.2) is 4.79 Å². The first kappa shape index (κ1) is 20.5. The standard InChI is InChI=1S/C20H19BrO6/c1-25-16-9-6-13(10-17(16)26-2)19(12-4-7-14(21)8-5-12)15(11-18(22)23)20(24)27-3/h4-10H,11H2,1-3H3,(H,22,23)/b19-15-. The summed E-state index contributed by atoms with van der Waals surface area (Å²) in [5.74, 6) is -0.853. The van der Waals surface area contributed by atoms with Crippen LogP contribution in [0.1, 0.15) is 17.5 Å². The zero-order valence-corrected chi connectivity index (χ0v) is 16.7. The van der Waals surface area contributed by atoms with E-state index in [9.17, 15) is 14.7 Å². The molecule has 2 aromatic rings. The number of hydrogen-bond donors (Lipinski definition) is 1. The summed E-state index contributed by atoms with van der Waals surface area (Å²) in [4.78, 5) is 23.8. The molecular formula is C20H19BrO6. The van der Waals surface area contributed by atoms with Crippen LogP contribution in [0.5, 0.6) is 11.5 Å². The number of aliphatic carboxylic acids is 1. The second-order valence-corrected chi connectivity index (χ2v) is 6.41. The molecule has 7 heteroatoms. The molecule has 0 amide bonds. The van der Waals surface area contributed by atoms with Crippen molar-refractivity contribution < 1.29 is 28.9 Å². The smallest absolute Gasteiger partial charge is 0.334 e. The van der Waals surface area contributed by atoms with E-state index in [1.807, 2.05) is 12.1 Å². The van der Waals surface area contributed by atoms with E-state index in [2.05, 4.69) is 15.9 Å². The molecule has 0 spiro atoms. The molecule has 0 aliphatic heterocycles. The van der Waals surface area contributed by atoms with Gasteiger partial charge in [0.1, 0.15) is 0 Å². The molecule has 0 atom stereocenters. The van der Waals surface area contributed by atoms with Gasteiger partial charge in [-0.15, -0.1) is 0 Å². The molecule has 0 saturated carbocycles. The van der Waals surface area contributed by atoms with Crippen molar-refractivity contribution >= 4 is 33.4 Å². The van der Waals surface area contributed by atoms with Crippen molar-refractivity contribution in [3.63, 3.8) is 0 Å². The van der Waals surface area contributed by atoms with Crippen LogP contribution < -0.4 is 9.47 Å². The number of carbonyl (C=O) groups excluding carboxylic acids is 1. The second-order valence-electron chi connectivity index (χ2n) is 5.49. The number of esters is 1. The predicted molar refractivity (Wildman–Crippen MR) is 104 cm³/mol. The number of halogens is 1. The molecule has 27 heavy (non-hydrogen) atoms. The Kier molecular flexibility index (Phi) is 7.01. The van der Waals surface area contributed by atoms with E-state index < -0.39 is 18.4 Å². The van der Waals surface area contributed by atoms with Gasteiger partial charge in [0, 0.05) is 10.0 Å². The molecule has 0 fully saturated rings. The van der Waals surface area contributed by atoms with Crippen LogP contribution in [0.2, 0.25) is 0 Å². The minimum absolute atomic E-state index is 0.0412. The molecule has 2 rings (SSSR count). The summed E-state index contributed by atoms with van der Waals surface area (Å²) < 4.78 is 16.3. The maximum Gasteiger partial charge on any atom is 0.334 e. The maximum absolute atomic E-state index is 12.4. The van der Waals surface area contributed by atoms with Crippen molar-refractivity contribution in [1.82, 2.24) is 0 Å². The number of rotatable bonds is 7. The normalized spacial score (nSPS) is 11.4. The molecule has 142 valence electrons. The second kappa shape index (κ2) is 9.23. The average Bonchev–Trinajstić information content (AvgIpc) is 2.67. The number of carbonyl (C=O) groups is 2. The van der Waals surface area contributed by atoms with E-state index in [1.54, 1.807) is 30.3 Å². The van der Waals surface area contributed by atoms with Gasteiger partial charge in [0.2, 0.25) is 0 Å². The molecule has 0 bridgehead atoms. The fraction of sp³-hybridized carbons (Fsp3) is 0.200. The van der Waals surface area contributed by atoms with Crippen LogP contribution in [-0.2, 0) is 14.3 Å². The van der Waals surface area contributed by atoms with Gasteiger partial charge in [-0.3, -0.25) is 4.79 Å². The highest BCUT2D eigenvalue weighted by Gasteiger charge is 2.22. The van der Waals surface area contributed by atoms with Gasteiger partial charge in [0.05, 0.1) is 33.3 Å². The number of ether oxygens (including phenoxy) is 3. The van der Waals surface area contributed by atoms with E-state index in [1.165, 1.54) is 21.3 Å². The van der Waals surface area contributed by atoms with Crippen molar-refractivity contribution in [3.05, 3.63) is 63.6 Å². The number of carboxylic acids is 1. The lowest BCUT2D eigenvalue weighted by atomic mass is 9.91. The van der Waals surface area contributed by atoms with E-state index in [4.69, 9.17) is 14.2 Å². The molecule has 0 radical (unpaired) electrons. The predicted octanol–water partition coefficient (Wildman–Crippen LogP) is 3.92. The van der Waals surface area contributed by atoms with Crippen molar-refractivity contribution in [2.45, 2.75) is 6.42 Å². The third-order valence-electron chi connectivity index (χ3n) is 3.87. The molecule has 0 aromatic heterocycles. The number of methoxy groups -OCH3 is 3. The zero-order chi connectivity index (χ0) is 20.0. The first-order valence-corrected chi connectivity index (χ1v) is 8.72. The summed E-state index contributed by atoms with van der Waals surface area (Å²) in [6.07, 6.45) is -0.480. The number of benzene rings is 2. The van der Waals surface area contributed by atoms with Crippen LogP contribution in [0.15, 0.2) is 52.5 Å². The average molecular weight is 435 g/mol. The Morgan fingerprint density at radius 2 is 1.52 bits per heavy atom. The number of carboxylic acid groups (broad SMARTS) is 1. The summed E-state index contributed by atoms with van der Waals surface area (Å²) >= 11 is 3.37. The van der Waals surface area contributed by atoms with Gasteiger partial charge in [-0.2, -0.15) is 0 Å². The third kappa shape index (κ3) is 4.89. The van der Waals surface area contributed by atoms with Crippen molar-refractivity contribution in [1.29, 1.82) is 0 Å². The molecule has 0 heterocycles. The van der Waals surface area contributed by atoms with Crippen LogP contribution >= 0.6 is 15.9 Å². The first-order valence-electron chi connectivity index (χ1n) is 7.92. The molecule has 0 aliphatic carbocycles. The molecular weight excluding hydrogens is 416 g/mol. The Morgan fingerprint density at radius 1 is 0.926 bits per heavy atom. The lowest BCUT2D eigenvalue weighted by Gasteiger charge is -2.16. The minimum Gasteiger partial charge on any atom is -0.493 e. The summed E-state index contributed by atoms with van der Waals surface area (Å²) in [6, 6.07) is 12.3. The van der Waals surface area contributed by atoms with E-state index >= 15 is 0 Å². The van der Waals surface area contributed by atoms with Crippen LogP contribution in [0.4, 0.5) is 0 Å². The quantitative estimate of drug-likeness (QED) is 0.525. The topological polar surface area (TPSA) is 82.1 Å². The Morgan fingerprint density at radius 3 is 2.04 bits per heavy atom. The van der Waals surface area contributed by atoms with Crippen LogP contribution in [0.3, 0.4) is 0 Å². The van der Waals surface area contributed by atoms with E-state index in [0.717, 1.165) is 4.47 Å². The lowest BCUT2D eigenvalue weighted by molar-refractivity contribution is -0.141. The highest BCUT2D eigenvalue weighted by molar-refractivity contribution is 9.10. The molecule has 0 saturated heterocycles. The first-order chi connectivity index (χ1) is 12.9. The SMILES string of the molecule is COC(=O)/C(CC(=O)O)=C(/c1ccc(Br)cc1)c1ccc(OC)c(OC)c1. The Labute approximate surface area is 165 Å². The minimum atomic E-state index is -1.13. The van der Waals surface area contributed by atoms with Crippen LogP contribution in [0.25, 0.3) is 5.57 Å². The monoisotopic (exact) mass is 434 g/mol.